The Morgan fingerprint density at radius 1 is 1.27 bits per heavy atom. The van der Waals surface area contributed by atoms with Crippen LogP contribution in [0.2, 0.25) is 23.2 Å². The molecule has 0 fully saturated rings. The number of benzene rings is 1. The van der Waals surface area contributed by atoms with Crippen molar-refractivity contribution in [2.24, 2.45) is 0 Å². The molecule has 0 atom stereocenters. The first-order valence-corrected chi connectivity index (χ1v) is 9.89. The van der Waals surface area contributed by atoms with Crippen molar-refractivity contribution in [1.29, 1.82) is 0 Å². The molecular weight excluding hydrogens is 335 g/mol. The first-order valence-electron chi connectivity index (χ1n) is 6.61. The molecule has 0 aliphatic heterocycles. The van der Waals surface area contributed by atoms with E-state index in [1.807, 2.05) is 33.9 Å². The van der Waals surface area contributed by atoms with Gasteiger partial charge in [0.05, 0.1) is 5.69 Å². The molecule has 124 valence electrons. The monoisotopic (exact) mass is 353 g/mol. The van der Waals surface area contributed by atoms with E-state index in [1.165, 1.54) is 18.2 Å². The van der Waals surface area contributed by atoms with E-state index in [2.05, 4.69) is 0 Å². The number of nitrogens with one attached hydrogen (secondary N) is 1. The Labute approximate surface area is 133 Å². The predicted molar refractivity (Wildman–Crippen MR) is 84.0 cm³/mol. The lowest BCUT2D eigenvalue weighted by atomic mass is 10.2. The quantitative estimate of drug-likeness (QED) is 0.448. The minimum Gasteiger partial charge on any atom is -0.542 e. The Kier molecular flexibility index (Phi) is 5.24. The summed E-state index contributed by atoms with van der Waals surface area (Å²) < 4.78 is 44.9. The van der Waals surface area contributed by atoms with Gasteiger partial charge in [0.25, 0.3) is 8.32 Å². The highest BCUT2D eigenvalue weighted by molar-refractivity contribution is 6.74. The Balaban J connectivity index is 3.20. The van der Waals surface area contributed by atoms with Crippen LogP contribution in [0.4, 0.5) is 18.9 Å². The number of anilines is 1. The fourth-order valence-corrected chi connectivity index (χ4v) is 2.52. The standard InChI is InChI=1S/C14H19ClF3NO2Si/c1-13(2,3)22(4,5)21-11-8-9(15)6-7-10(11)19-14(17,18)12(16)20/h6-8,19H,1-5H3. The summed E-state index contributed by atoms with van der Waals surface area (Å²) in [5.41, 5.74) is -0.190. The van der Waals surface area contributed by atoms with Gasteiger partial charge in [0, 0.05) is 5.02 Å². The van der Waals surface area contributed by atoms with Crippen LogP contribution in [-0.4, -0.2) is 20.4 Å². The number of halogens is 4. The van der Waals surface area contributed by atoms with Crippen LogP contribution in [0.5, 0.6) is 5.75 Å². The molecule has 1 aromatic carbocycles. The van der Waals surface area contributed by atoms with Crippen molar-refractivity contribution < 1.29 is 22.4 Å². The summed E-state index contributed by atoms with van der Waals surface area (Å²) in [6.45, 7) is 9.80. The highest BCUT2D eigenvalue weighted by atomic mass is 35.5. The third-order valence-corrected chi connectivity index (χ3v) is 8.23. The molecule has 3 nitrogen and oxygen atoms in total. The molecule has 0 radical (unpaired) electrons. The maximum atomic E-state index is 13.3. The van der Waals surface area contributed by atoms with E-state index in [0.717, 1.165) is 0 Å². The van der Waals surface area contributed by atoms with E-state index in [-0.39, 0.29) is 21.5 Å². The summed E-state index contributed by atoms with van der Waals surface area (Å²) in [5.74, 6) is 0.0695. The molecule has 0 spiro atoms. The molecule has 0 aliphatic carbocycles. The molecule has 0 unspecified atom stereocenters. The first kappa shape index (κ1) is 18.8. The zero-order valence-corrected chi connectivity index (χ0v) is 14.8. The number of alkyl halides is 2. The van der Waals surface area contributed by atoms with Crippen molar-refractivity contribution in [3.8, 4) is 5.75 Å². The van der Waals surface area contributed by atoms with Crippen molar-refractivity contribution in [2.45, 2.75) is 44.9 Å². The van der Waals surface area contributed by atoms with E-state index in [4.69, 9.17) is 16.0 Å². The molecule has 1 N–H and O–H groups in total. The molecule has 0 saturated heterocycles. The van der Waals surface area contributed by atoms with Crippen LogP contribution in [0, 0.1) is 0 Å². The zero-order valence-electron chi connectivity index (χ0n) is 13.1. The molecule has 0 amide bonds. The maximum absolute atomic E-state index is 13.3. The summed E-state index contributed by atoms with van der Waals surface area (Å²) in [7, 11) is -2.32. The highest BCUT2D eigenvalue weighted by Crippen LogP contribution is 2.40. The van der Waals surface area contributed by atoms with Gasteiger partial charge in [-0.1, -0.05) is 32.4 Å². The molecule has 0 saturated carbocycles. The Morgan fingerprint density at radius 3 is 2.27 bits per heavy atom. The Bertz CT molecular complexity index is 574. The van der Waals surface area contributed by atoms with Crippen molar-refractivity contribution in [2.75, 3.05) is 5.32 Å². The number of carbonyl (C=O) groups excluding carboxylic acids is 1. The second-order valence-corrected chi connectivity index (χ2v) is 11.6. The summed E-state index contributed by atoms with van der Waals surface area (Å²) in [4.78, 5) is 10.4. The summed E-state index contributed by atoms with van der Waals surface area (Å²) in [6.07, 6.45) is 0. The molecular formula is C14H19ClF3NO2Si. The second-order valence-electron chi connectivity index (χ2n) is 6.48. The highest BCUT2D eigenvalue weighted by Gasteiger charge is 2.42. The van der Waals surface area contributed by atoms with Gasteiger partial charge >= 0.3 is 12.1 Å². The van der Waals surface area contributed by atoms with Gasteiger partial charge in [0.1, 0.15) is 5.75 Å². The van der Waals surface area contributed by atoms with Crippen LogP contribution in [0.3, 0.4) is 0 Å². The number of carbonyl (C=O) groups is 1. The molecule has 8 heteroatoms. The molecule has 0 aliphatic rings. The lowest BCUT2D eigenvalue weighted by Gasteiger charge is -2.37. The van der Waals surface area contributed by atoms with E-state index in [9.17, 15) is 18.0 Å². The van der Waals surface area contributed by atoms with Crippen molar-refractivity contribution in [3.63, 3.8) is 0 Å². The molecule has 22 heavy (non-hydrogen) atoms. The van der Waals surface area contributed by atoms with Gasteiger partial charge in [-0.2, -0.15) is 13.2 Å². The fraction of sp³-hybridized carbons (Fsp3) is 0.500. The van der Waals surface area contributed by atoms with Crippen LogP contribution in [-0.2, 0) is 4.79 Å². The summed E-state index contributed by atoms with van der Waals surface area (Å²) in [6, 6.07) is -3.15. The SMILES string of the molecule is CC(C)(C)[Si](C)(C)Oc1cc(Cl)ccc1NC(F)(F)C(=O)F. The summed E-state index contributed by atoms with van der Waals surface area (Å²) in [5, 5.41) is 1.68. The normalized spacial score (nSPS) is 13.0. The molecule has 1 aromatic rings. The average Bonchev–Trinajstić information content (AvgIpc) is 2.30. The first-order chi connectivity index (χ1) is 9.76. The van der Waals surface area contributed by atoms with Gasteiger partial charge < -0.3 is 9.74 Å². The third kappa shape index (κ3) is 4.39. The van der Waals surface area contributed by atoms with Gasteiger partial charge in [0.15, 0.2) is 0 Å². The minimum atomic E-state index is -4.32. The molecule has 0 bridgehead atoms. The number of hydrogen-bond acceptors (Lipinski definition) is 3. The number of hydrogen-bond donors (Lipinski definition) is 1. The van der Waals surface area contributed by atoms with E-state index in [0.29, 0.717) is 0 Å². The number of rotatable bonds is 5. The van der Waals surface area contributed by atoms with E-state index in [1.54, 1.807) is 5.32 Å². The molecule has 0 heterocycles. The third-order valence-electron chi connectivity index (χ3n) is 3.65. The molecule has 0 aromatic heterocycles. The minimum absolute atomic E-state index is 0.0695. The summed E-state index contributed by atoms with van der Waals surface area (Å²) >= 11 is 5.87. The topological polar surface area (TPSA) is 38.3 Å². The van der Waals surface area contributed by atoms with Crippen LogP contribution >= 0.6 is 11.6 Å². The average molecular weight is 354 g/mol. The van der Waals surface area contributed by atoms with Crippen LogP contribution in [0.1, 0.15) is 20.8 Å². The smallest absolute Gasteiger partial charge is 0.414 e. The van der Waals surface area contributed by atoms with Gasteiger partial charge in [-0.3, -0.25) is 4.79 Å². The van der Waals surface area contributed by atoms with E-state index < -0.39 is 20.4 Å². The van der Waals surface area contributed by atoms with Gasteiger partial charge in [-0.15, -0.1) is 0 Å². The van der Waals surface area contributed by atoms with Gasteiger partial charge in [-0.25, -0.2) is 0 Å². The predicted octanol–water partition coefficient (Wildman–Crippen LogP) is 5.22. The van der Waals surface area contributed by atoms with Gasteiger partial charge in [0.2, 0.25) is 0 Å². The van der Waals surface area contributed by atoms with Crippen molar-refractivity contribution in [1.82, 2.24) is 0 Å². The van der Waals surface area contributed by atoms with Crippen molar-refractivity contribution in [3.05, 3.63) is 23.2 Å². The Hall–Kier alpha value is -1.21. The Morgan fingerprint density at radius 2 is 1.82 bits per heavy atom. The van der Waals surface area contributed by atoms with Gasteiger partial charge in [-0.05, 0) is 36.3 Å². The molecule has 1 rings (SSSR count). The largest absolute Gasteiger partial charge is 0.542 e. The fourth-order valence-electron chi connectivity index (χ4n) is 1.33. The zero-order chi connectivity index (χ0) is 17.3. The van der Waals surface area contributed by atoms with Crippen LogP contribution in [0.25, 0.3) is 0 Å². The van der Waals surface area contributed by atoms with E-state index >= 15 is 0 Å². The lowest BCUT2D eigenvalue weighted by Crippen LogP contribution is -2.44. The maximum Gasteiger partial charge on any atom is 0.414 e. The second kappa shape index (κ2) is 6.12. The van der Waals surface area contributed by atoms with Crippen molar-refractivity contribution >= 4 is 31.6 Å². The van der Waals surface area contributed by atoms with Crippen LogP contribution in [0.15, 0.2) is 18.2 Å². The van der Waals surface area contributed by atoms with Crippen LogP contribution < -0.4 is 9.74 Å². The lowest BCUT2D eigenvalue weighted by molar-refractivity contribution is -0.151.